The molecule has 30 heavy (non-hydrogen) atoms. The van der Waals surface area contributed by atoms with Crippen LogP contribution >= 0.6 is 0 Å². The first-order valence-electron chi connectivity index (χ1n) is 10.00. The van der Waals surface area contributed by atoms with Gasteiger partial charge in [0.15, 0.2) is 6.10 Å². The van der Waals surface area contributed by atoms with Crippen LogP contribution in [0.5, 0.6) is 0 Å². The maximum absolute atomic E-state index is 12.8. The number of para-hydroxylation sites is 1. The summed E-state index contributed by atoms with van der Waals surface area (Å²) in [7, 11) is -3.60. The van der Waals surface area contributed by atoms with Gasteiger partial charge < -0.3 is 9.64 Å². The molecule has 2 aromatic carbocycles. The summed E-state index contributed by atoms with van der Waals surface area (Å²) >= 11 is 0. The van der Waals surface area contributed by atoms with E-state index in [1.165, 1.54) is 28.6 Å². The average Bonchev–Trinajstić information content (AvgIpc) is 3.18. The number of rotatable bonds is 7. The van der Waals surface area contributed by atoms with Crippen molar-refractivity contribution in [2.24, 2.45) is 0 Å². The second-order valence-corrected chi connectivity index (χ2v) is 8.97. The SMILES string of the molecule is CCN(CC)S(=O)(=O)c1ccc(C(=O)OC(C)C(=O)N2CCc3ccccc32)cc1. The summed E-state index contributed by atoms with van der Waals surface area (Å²) in [6.07, 6.45) is -0.187. The number of sulfonamides is 1. The smallest absolute Gasteiger partial charge is 0.338 e. The van der Waals surface area contributed by atoms with Crippen molar-refractivity contribution in [1.29, 1.82) is 0 Å². The highest BCUT2D eigenvalue weighted by Crippen LogP contribution is 2.28. The van der Waals surface area contributed by atoms with Crippen LogP contribution in [-0.2, 0) is 26.0 Å². The summed E-state index contributed by atoms with van der Waals surface area (Å²) in [6.45, 7) is 6.36. The van der Waals surface area contributed by atoms with Crippen LogP contribution in [0.4, 0.5) is 5.69 Å². The van der Waals surface area contributed by atoms with Crippen LogP contribution in [0.3, 0.4) is 0 Å². The van der Waals surface area contributed by atoms with Gasteiger partial charge in [0, 0.05) is 25.3 Å². The Labute approximate surface area is 177 Å². The minimum atomic E-state index is -3.60. The quantitative estimate of drug-likeness (QED) is 0.631. The third kappa shape index (κ3) is 4.24. The molecule has 0 N–H and O–H groups in total. The lowest BCUT2D eigenvalue weighted by atomic mass is 10.2. The fourth-order valence-corrected chi connectivity index (χ4v) is 5.00. The lowest BCUT2D eigenvalue weighted by Gasteiger charge is -2.22. The van der Waals surface area contributed by atoms with Crippen LogP contribution in [0.25, 0.3) is 0 Å². The minimum absolute atomic E-state index is 0.112. The number of ether oxygens (including phenoxy) is 1. The van der Waals surface area contributed by atoms with Gasteiger partial charge in [0.05, 0.1) is 10.5 Å². The highest BCUT2D eigenvalue weighted by atomic mass is 32.2. The molecule has 0 saturated carbocycles. The number of benzene rings is 2. The Kier molecular flexibility index (Phi) is 6.58. The average molecular weight is 431 g/mol. The van der Waals surface area contributed by atoms with Gasteiger partial charge in [-0.3, -0.25) is 4.79 Å². The molecule has 1 unspecified atom stereocenters. The van der Waals surface area contributed by atoms with E-state index in [0.717, 1.165) is 17.7 Å². The number of fused-ring (bicyclic) bond motifs is 1. The van der Waals surface area contributed by atoms with Crippen molar-refractivity contribution < 1.29 is 22.7 Å². The number of amides is 1. The van der Waals surface area contributed by atoms with Crippen LogP contribution in [-0.4, -0.2) is 50.3 Å². The van der Waals surface area contributed by atoms with Crippen LogP contribution in [0.1, 0.15) is 36.7 Å². The van der Waals surface area contributed by atoms with Gasteiger partial charge >= 0.3 is 5.97 Å². The zero-order valence-electron chi connectivity index (χ0n) is 17.4. The predicted molar refractivity (Wildman–Crippen MR) is 114 cm³/mol. The van der Waals surface area contributed by atoms with Crippen LogP contribution in [0.2, 0.25) is 0 Å². The van der Waals surface area contributed by atoms with Gasteiger partial charge in [-0.15, -0.1) is 0 Å². The van der Waals surface area contributed by atoms with Crippen molar-refractivity contribution in [2.45, 2.75) is 38.2 Å². The lowest BCUT2D eigenvalue weighted by Crippen LogP contribution is -2.39. The lowest BCUT2D eigenvalue weighted by molar-refractivity contribution is -0.126. The van der Waals surface area contributed by atoms with Gasteiger partial charge in [0.1, 0.15) is 0 Å². The van der Waals surface area contributed by atoms with Gasteiger partial charge in [0.25, 0.3) is 5.91 Å². The molecular weight excluding hydrogens is 404 g/mol. The highest BCUT2D eigenvalue weighted by Gasteiger charge is 2.30. The second-order valence-electron chi connectivity index (χ2n) is 7.03. The van der Waals surface area contributed by atoms with Gasteiger partial charge in [-0.05, 0) is 49.2 Å². The molecule has 0 aromatic heterocycles. The van der Waals surface area contributed by atoms with Crippen LogP contribution in [0.15, 0.2) is 53.4 Å². The fraction of sp³-hybridized carbons (Fsp3) is 0.364. The molecule has 0 fully saturated rings. The van der Waals surface area contributed by atoms with E-state index >= 15 is 0 Å². The van der Waals surface area contributed by atoms with Gasteiger partial charge in [0.2, 0.25) is 10.0 Å². The topological polar surface area (TPSA) is 84.0 Å². The van der Waals surface area contributed by atoms with E-state index in [1.807, 2.05) is 24.3 Å². The predicted octanol–water partition coefficient (Wildman–Crippen LogP) is 2.85. The minimum Gasteiger partial charge on any atom is -0.449 e. The maximum atomic E-state index is 12.8. The first-order valence-corrected chi connectivity index (χ1v) is 11.4. The fourth-order valence-electron chi connectivity index (χ4n) is 3.54. The Balaban J connectivity index is 1.68. The molecule has 1 aliphatic heterocycles. The molecule has 3 rings (SSSR count). The number of anilines is 1. The van der Waals surface area contributed by atoms with Crippen molar-refractivity contribution >= 4 is 27.6 Å². The van der Waals surface area contributed by atoms with Crippen molar-refractivity contribution in [3.8, 4) is 0 Å². The first-order chi connectivity index (χ1) is 14.3. The molecule has 8 heteroatoms. The molecule has 160 valence electrons. The molecule has 0 bridgehead atoms. The molecule has 1 amide bonds. The number of hydrogen-bond donors (Lipinski definition) is 0. The molecular formula is C22H26N2O5S. The molecule has 0 saturated heterocycles. The number of nitrogens with zero attached hydrogens (tertiary/aromatic N) is 2. The number of carbonyl (C=O) groups is 2. The standard InChI is InChI=1S/C22H26N2O5S/c1-4-23(5-2)30(27,28)19-12-10-18(11-13-19)22(26)29-16(3)21(25)24-15-14-17-8-6-7-9-20(17)24/h6-13,16H,4-5,14-15H2,1-3H3. The normalized spacial score (nSPS) is 14.5. The van der Waals surface area contributed by atoms with Gasteiger partial charge in [-0.1, -0.05) is 32.0 Å². The van der Waals surface area contributed by atoms with Crippen LogP contribution < -0.4 is 4.90 Å². The third-order valence-electron chi connectivity index (χ3n) is 5.22. The molecule has 7 nitrogen and oxygen atoms in total. The second kappa shape index (κ2) is 8.97. The summed E-state index contributed by atoms with van der Waals surface area (Å²) in [5.74, 6) is -0.954. The molecule has 0 radical (unpaired) electrons. The molecule has 2 aromatic rings. The summed E-state index contributed by atoms with van der Waals surface area (Å²) in [5, 5.41) is 0. The van der Waals surface area contributed by atoms with E-state index in [9.17, 15) is 18.0 Å². The number of carbonyl (C=O) groups excluding carboxylic acids is 2. The van der Waals surface area contributed by atoms with E-state index in [1.54, 1.807) is 25.7 Å². The third-order valence-corrected chi connectivity index (χ3v) is 7.28. The van der Waals surface area contributed by atoms with Crippen LogP contribution in [0, 0.1) is 0 Å². The maximum Gasteiger partial charge on any atom is 0.338 e. The number of hydrogen-bond acceptors (Lipinski definition) is 5. The van der Waals surface area contributed by atoms with Gasteiger partial charge in [-0.25, -0.2) is 13.2 Å². The monoisotopic (exact) mass is 430 g/mol. The summed E-state index contributed by atoms with van der Waals surface area (Å²) in [5.41, 5.74) is 2.13. The molecule has 1 heterocycles. The molecule has 1 aliphatic rings. The van der Waals surface area contributed by atoms with Crippen molar-refractivity contribution in [1.82, 2.24) is 4.31 Å². The van der Waals surface area contributed by atoms with Gasteiger partial charge in [-0.2, -0.15) is 4.31 Å². The van der Waals surface area contributed by atoms with E-state index < -0.39 is 22.1 Å². The van der Waals surface area contributed by atoms with Crippen molar-refractivity contribution in [2.75, 3.05) is 24.5 Å². The Morgan fingerprint density at radius 2 is 1.70 bits per heavy atom. The van der Waals surface area contributed by atoms with E-state index in [-0.39, 0.29) is 16.4 Å². The largest absolute Gasteiger partial charge is 0.449 e. The summed E-state index contributed by atoms with van der Waals surface area (Å²) < 4.78 is 31.8. The Morgan fingerprint density at radius 3 is 2.33 bits per heavy atom. The van der Waals surface area contributed by atoms with E-state index in [4.69, 9.17) is 4.74 Å². The Bertz CT molecular complexity index is 1030. The molecule has 0 aliphatic carbocycles. The van der Waals surface area contributed by atoms with E-state index in [2.05, 4.69) is 0 Å². The Morgan fingerprint density at radius 1 is 1.07 bits per heavy atom. The van der Waals surface area contributed by atoms with Crippen molar-refractivity contribution in [3.63, 3.8) is 0 Å². The summed E-state index contributed by atoms with van der Waals surface area (Å²) in [6, 6.07) is 13.2. The highest BCUT2D eigenvalue weighted by molar-refractivity contribution is 7.89. The van der Waals surface area contributed by atoms with E-state index in [0.29, 0.717) is 19.6 Å². The zero-order chi connectivity index (χ0) is 21.9. The first kappa shape index (κ1) is 22.0. The molecule has 1 atom stereocenters. The summed E-state index contributed by atoms with van der Waals surface area (Å²) in [4.78, 5) is 27.0. The molecule has 0 spiro atoms. The zero-order valence-corrected chi connectivity index (χ0v) is 18.2. The van der Waals surface area contributed by atoms with Crippen molar-refractivity contribution in [3.05, 3.63) is 59.7 Å². The number of esters is 1. The Hall–Kier alpha value is -2.71.